The standard InChI is InChI=1S/C13H20N2O3/c1-3-17-12-9-10(13(14)15)5-6-11(12)18-8-4-7-16-2/h5-6,9H,3-4,7-8H2,1-2H3,(H3,14,15). The second-order valence-corrected chi connectivity index (χ2v) is 3.70. The molecule has 0 aliphatic heterocycles. The van der Waals surface area contributed by atoms with Crippen LogP contribution in [0.4, 0.5) is 0 Å². The van der Waals surface area contributed by atoms with E-state index in [1.165, 1.54) is 0 Å². The third-order valence-corrected chi connectivity index (χ3v) is 2.30. The van der Waals surface area contributed by atoms with Crippen LogP contribution in [0.15, 0.2) is 18.2 Å². The number of benzene rings is 1. The van der Waals surface area contributed by atoms with Crippen LogP contribution in [-0.2, 0) is 4.74 Å². The van der Waals surface area contributed by atoms with Crippen molar-refractivity contribution in [1.29, 1.82) is 5.41 Å². The van der Waals surface area contributed by atoms with Crippen LogP contribution in [0.3, 0.4) is 0 Å². The van der Waals surface area contributed by atoms with E-state index in [0.29, 0.717) is 36.9 Å². The normalized spacial score (nSPS) is 10.1. The highest BCUT2D eigenvalue weighted by molar-refractivity contribution is 5.95. The molecule has 1 rings (SSSR count). The maximum atomic E-state index is 7.39. The molecule has 1 aromatic rings. The number of hydrogen-bond acceptors (Lipinski definition) is 4. The first-order valence-corrected chi connectivity index (χ1v) is 5.92. The molecule has 0 spiro atoms. The molecular formula is C13H20N2O3. The Labute approximate surface area is 107 Å². The van der Waals surface area contributed by atoms with Crippen LogP contribution in [0.2, 0.25) is 0 Å². The van der Waals surface area contributed by atoms with Crippen molar-refractivity contribution < 1.29 is 14.2 Å². The van der Waals surface area contributed by atoms with Crippen LogP contribution < -0.4 is 15.2 Å². The maximum absolute atomic E-state index is 7.39. The van der Waals surface area contributed by atoms with E-state index in [0.717, 1.165) is 6.42 Å². The molecule has 0 aliphatic rings. The first-order valence-electron chi connectivity index (χ1n) is 5.92. The van der Waals surface area contributed by atoms with Crippen molar-refractivity contribution in [3.8, 4) is 11.5 Å². The molecule has 100 valence electrons. The maximum Gasteiger partial charge on any atom is 0.161 e. The van der Waals surface area contributed by atoms with Crippen LogP contribution >= 0.6 is 0 Å². The average molecular weight is 252 g/mol. The Bertz CT molecular complexity index is 394. The highest BCUT2D eigenvalue weighted by Crippen LogP contribution is 2.28. The summed E-state index contributed by atoms with van der Waals surface area (Å²) < 4.78 is 16.0. The fourth-order valence-electron chi connectivity index (χ4n) is 1.45. The molecule has 0 radical (unpaired) electrons. The number of ether oxygens (including phenoxy) is 3. The highest BCUT2D eigenvalue weighted by Gasteiger charge is 2.07. The van der Waals surface area contributed by atoms with Crippen molar-refractivity contribution in [3.63, 3.8) is 0 Å². The molecule has 0 amide bonds. The molecule has 0 aromatic heterocycles. The van der Waals surface area contributed by atoms with Gasteiger partial charge in [-0.3, -0.25) is 5.41 Å². The average Bonchev–Trinajstić information content (AvgIpc) is 2.36. The third kappa shape index (κ3) is 4.25. The minimum atomic E-state index is 0.0156. The predicted octanol–water partition coefficient (Wildman–Crippen LogP) is 1.78. The summed E-state index contributed by atoms with van der Waals surface area (Å²) in [6.45, 7) is 3.66. The van der Waals surface area contributed by atoms with Crippen molar-refractivity contribution in [2.24, 2.45) is 5.73 Å². The number of nitrogens with one attached hydrogen (secondary N) is 1. The van der Waals surface area contributed by atoms with E-state index < -0.39 is 0 Å². The topological polar surface area (TPSA) is 77.6 Å². The van der Waals surface area contributed by atoms with Gasteiger partial charge in [0, 0.05) is 25.7 Å². The quantitative estimate of drug-likeness (QED) is 0.420. The highest BCUT2D eigenvalue weighted by atomic mass is 16.5. The molecule has 5 nitrogen and oxygen atoms in total. The van der Waals surface area contributed by atoms with E-state index in [1.54, 1.807) is 25.3 Å². The van der Waals surface area contributed by atoms with Crippen LogP contribution in [0, 0.1) is 5.41 Å². The summed E-state index contributed by atoms with van der Waals surface area (Å²) >= 11 is 0. The lowest BCUT2D eigenvalue weighted by Gasteiger charge is -2.13. The van der Waals surface area contributed by atoms with Crippen LogP contribution in [0.25, 0.3) is 0 Å². The van der Waals surface area contributed by atoms with Gasteiger partial charge in [-0.15, -0.1) is 0 Å². The first kappa shape index (κ1) is 14.3. The van der Waals surface area contributed by atoms with E-state index >= 15 is 0 Å². The van der Waals surface area contributed by atoms with Gasteiger partial charge in [0.2, 0.25) is 0 Å². The molecule has 0 saturated carbocycles. The summed E-state index contributed by atoms with van der Waals surface area (Å²) in [6, 6.07) is 5.24. The number of nitrogen functional groups attached to an aromatic ring is 1. The van der Waals surface area contributed by atoms with Gasteiger partial charge in [0.05, 0.1) is 13.2 Å². The molecule has 0 bridgehead atoms. The molecule has 0 unspecified atom stereocenters. The smallest absolute Gasteiger partial charge is 0.161 e. The van der Waals surface area contributed by atoms with Crippen molar-refractivity contribution in [3.05, 3.63) is 23.8 Å². The monoisotopic (exact) mass is 252 g/mol. The SMILES string of the molecule is CCOc1cc(C(=N)N)ccc1OCCCOC. The zero-order valence-electron chi connectivity index (χ0n) is 10.9. The van der Waals surface area contributed by atoms with E-state index in [4.69, 9.17) is 25.4 Å². The Kier molecular flexibility index (Phi) is 6.00. The van der Waals surface area contributed by atoms with Gasteiger partial charge in [0.15, 0.2) is 11.5 Å². The van der Waals surface area contributed by atoms with Gasteiger partial charge >= 0.3 is 0 Å². The molecule has 0 atom stereocenters. The number of amidine groups is 1. The van der Waals surface area contributed by atoms with Crippen molar-refractivity contribution >= 4 is 5.84 Å². The minimum absolute atomic E-state index is 0.0156. The summed E-state index contributed by atoms with van der Waals surface area (Å²) in [4.78, 5) is 0. The number of rotatable bonds is 8. The Morgan fingerprint density at radius 2 is 2.00 bits per heavy atom. The lowest BCUT2D eigenvalue weighted by Crippen LogP contribution is -2.11. The van der Waals surface area contributed by atoms with Gasteiger partial charge in [-0.2, -0.15) is 0 Å². The van der Waals surface area contributed by atoms with Gasteiger partial charge in [0.25, 0.3) is 0 Å². The summed E-state index contributed by atoms with van der Waals surface area (Å²) in [5.74, 6) is 1.29. The van der Waals surface area contributed by atoms with Crippen LogP contribution in [-0.4, -0.2) is 32.8 Å². The van der Waals surface area contributed by atoms with Gasteiger partial charge < -0.3 is 19.9 Å². The Morgan fingerprint density at radius 1 is 1.22 bits per heavy atom. The fourth-order valence-corrected chi connectivity index (χ4v) is 1.45. The second-order valence-electron chi connectivity index (χ2n) is 3.70. The van der Waals surface area contributed by atoms with Gasteiger partial charge in [-0.05, 0) is 25.1 Å². The van der Waals surface area contributed by atoms with Gasteiger partial charge in [0.1, 0.15) is 5.84 Å². The van der Waals surface area contributed by atoms with Crippen molar-refractivity contribution in [1.82, 2.24) is 0 Å². The van der Waals surface area contributed by atoms with Gasteiger partial charge in [-0.1, -0.05) is 0 Å². The van der Waals surface area contributed by atoms with Crippen LogP contribution in [0.5, 0.6) is 11.5 Å². The summed E-state index contributed by atoms with van der Waals surface area (Å²) in [5, 5.41) is 7.39. The van der Waals surface area contributed by atoms with E-state index in [9.17, 15) is 0 Å². The second kappa shape index (κ2) is 7.55. The molecule has 18 heavy (non-hydrogen) atoms. The third-order valence-electron chi connectivity index (χ3n) is 2.30. The summed E-state index contributed by atoms with van der Waals surface area (Å²) in [6.07, 6.45) is 0.816. The van der Waals surface area contributed by atoms with E-state index in [1.807, 2.05) is 6.92 Å². The predicted molar refractivity (Wildman–Crippen MR) is 70.6 cm³/mol. The molecular weight excluding hydrogens is 232 g/mol. The van der Waals surface area contributed by atoms with Gasteiger partial charge in [-0.25, -0.2) is 0 Å². The zero-order valence-corrected chi connectivity index (χ0v) is 10.9. The van der Waals surface area contributed by atoms with Crippen LogP contribution in [0.1, 0.15) is 18.9 Å². The molecule has 0 saturated heterocycles. The molecule has 0 aliphatic carbocycles. The summed E-state index contributed by atoms with van der Waals surface area (Å²) in [7, 11) is 1.66. The molecule has 5 heteroatoms. The fraction of sp³-hybridized carbons (Fsp3) is 0.462. The first-order chi connectivity index (χ1) is 8.69. The Hall–Kier alpha value is -1.75. The molecule has 1 aromatic carbocycles. The zero-order chi connectivity index (χ0) is 13.4. The summed E-state index contributed by atoms with van der Waals surface area (Å²) in [5.41, 5.74) is 6.07. The molecule has 0 fully saturated rings. The Morgan fingerprint density at radius 3 is 2.61 bits per heavy atom. The van der Waals surface area contributed by atoms with E-state index in [-0.39, 0.29) is 5.84 Å². The number of nitrogens with two attached hydrogens (primary N) is 1. The number of hydrogen-bond donors (Lipinski definition) is 2. The largest absolute Gasteiger partial charge is 0.490 e. The Balaban J connectivity index is 2.73. The minimum Gasteiger partial charge on any atom is -0.490 e. The van der Waals surface area contributed by atoms with E-state index in [2.05, 4.69) is 0 Å². The number of methoxy groups -OCH3 is 1. The van der Waals surface area contributed by atoms with Crippen molar-refractivity contribution in [2.75, 3.05) is 26.9 Å². The molecule has 0 heterocycles. The lowest BCUT2D eigenvalue weighted by molar-refractivity contribution is 0.170. The lowest BCUT2D eigenvalue weighted by atomic mass is 10.2. The van der Waals surface area contributed by atoms with Crippen molar-refractivity contribution in [2.45, 2.75) is 13.3 Å². The molecule has 3 N–H and O–H groups in total.